The van der Waals surface area contributed by atoms with Crippen molar-refractivity contribution < 1.29 is 163 Å². The van der Waals surface area contributed by atoms with Crippen LogP contribution in [0.3, 0.4) is 0 Å². The van der Waals surface area contributed by atoms with Crippen LogP contribution in [0.2, 0.25) is 0 Å². The first-order valence-corrected chi connectivity index (χ1v) is 47.2. The maximum Gasteiger partial charge on any atom is 1.00 e. The number of aliphatic carboxylic acids is 1. The van der Waals surface area contributed by atoms with Crippen molar-refractivity contribution in [1.29, 1.82) is 0 Å². The van der Waals surface area contributed by atoms with E-state index in [4.69, 9.17) is 33.0 Å². The van der Waals surface area contributed by atoms with Crippen molar-refractivity contribution in [1.82, 2.24) is 29.7 Å². The van der Waals surface area contributed by atoms with Crippen molar-refractivity contribution in [2.45, 2.75) is 240 Å². The molecule has 0 saturated carbocycles. The van der Waals surface area contributed by atoms with Crippen LogP contribution in [-0.2, 0) is 111 Å². The number of benzene rings is 6. The van der Waals surface area contributed by atoms with Crippen LogP contribution in [0, 0.1) is 59.2 Å². The Morgan fingerprint density at radius 1 is 0.459 bits per heavy atom. The number of hydrogen-bond donors (Lipinski definition) is 7. The number of anilines is 3. The summed E-state index contributed by atoms with van der Waals surface area (Å²) in [5, 5.41) is 25.7. The minimum atomic E-state index is -4.85. The van der Waals surface area contributed by atoms with Gasteiger partial charge in [0.2, 0.25) is 0 Å². The number of aromatic nitrogens is 3. The standard InChI is InChI=1S/C32H34F5N3O5.C31H32F5N3O5.C30H39BF2N2O6.C8H7F3INO.CH4.Li.2H2O/c1-6-16(2)38-19-14-23(33)27(24(34)15-19)29(41)39-25(31(43)44-5)13-18-9-10-21(28-20(18)8-7-11-45-28)26-22(32(35,36)37)12-17(3)40(4)30(26)42;1-5-15(2)37-18-13-22(32)26(23(33)14-18)28(40)38-24(30(42)43)12-17-8-9-20(27-19(17)7-6-10-44-27)25-21(31(34,35)36)11-16(3)39(4)29(25)41;1-8-17(2)34-19-15-22(32)25(23(33)16-19)27(36)35-24(28(37)38-7)14-18-11-12-21(26-20(18)10-9-13-39-26)31-40-29(3,4)30(5,6)41-31;1-4-3-5(8(9,10)11)6(12)7(14)13(4)2;;;;/h9-10,12,14-16,25,38H,6-8,11,13H2,1-5H3,(H,39,41);8-9,11,13-15,24,37H,5-7,10,12H2,1-4H3,(H,38,40)(H,42,43);11-12,15-17,24,34H,8-10,13-14H2,1-7H3,(H,35,36);3H,1-2H3;1H4;;2*1H2/q;;;;;+1;;/p-1/t16-,25-;15-,24-;17-,24-;;;;;/m000...../s1. The van der Waals surface area contributed by atoms with Crippen LogP contribution in [0.15, 0.2) is 105 Å². The zero-order valence-corrected chi connectivity index (χ0v) is 86.3. The van der Waals surface area contributed by atoms with Gasteiger partial charge in [-0.05, 0) is 238 Å². The minimum Gasteiger partial charge on any atom is -0.870 e. The third-order valence-electron chi connectivity index (χ3n) is 25.8. The average molecular weight is 2200 g/mol. The molecule has 1 saturated heterocycles. The molecule has 148 heavy (non-hydrogen) atoms. The van der Waals surface area contributed by atoms with Crippen LogP contribution in [0.25, 0.3) is 22.3 Å². The Balaban J connectivity index is 0.000000313. The predicted molar refractivity (Wildman–Crippen MR) is 529 cm³/mol. The Hall–Kier alpha value is -12.0. The number of carbonyl (C=O) groups is 6. The quantitative estimate of drug-likeness (QED) is 0.0109. The van der Waals surface area contributed by atoms with E-state index >= 15 is 0 Å². The number of alkyl halides is 9. The second-order valence-corrected chi connectivity index (χ2v) is 37.4. The smallest absolute Gasteiger partial charge is 0.870 e. The number of carboxylic acid groups (broad SMARTS) is 1. The summed E-state index contributed by atoms with van der Waals surface area (Å²) < 4.78 is 254. The molecule has 1 fully saturated rings. The van der Waals surface area contributed by atoms with Gasteiger partial charge in [-0.3, -0.25) is 28.8 Å². The largest absolute Gasteiger partial charge is 1.00 e. The number of nitrogens with zero attached hydrogens (tertiary/aromatic N) is 3. The molecule has 13 rings (SSSR count). The van der Waals surface area contributed by atoms with Crippen LogP contribution < -0.4 is 87.1 Å². The Morgan fingerprint density at radius 2 is 0.736 bits per heavy atom. The number of pyridine rings is 3. The normalized spacial score (nSPS) is 14.8. The zero-order chi connectivity index (χ0) is 107. The van der Waals surface area contributed by atoms with E-state index in [1.54, 1.807) is 6.92 Å². The van der Waals surface area contributed by atoms with E-state index in [1.807, 2.05) is 74.4 Å². The van der Waals surface area contributed by atoms with Crippen LogP contribution in [0.1, 0.15) is 213 Å². The predicted octanol–water partition coefficient (Wildman–Crippen LogP) is 14.6. The molecule has 802 valence electrons. The Kier molecular flexibility index (Phi) is 43.3. The number of ether oxygens (including phenoxy) is 5. The van der Waals surface area contributed by atoms with Crippen molar-refractivity contribution in [3.05, 3.63) is 244 Å². The first kappa shape index (κ1) is 125. The molecule has 6 aromatic carbocycles. The molecule has 4 aliphatic heterocycles. The number of hydrogen-bond acceptors (Lipinski definition) is 20. The van der Waals surface area contributed by atoms with Gasteiger partial charge in [0.15, 0.2) is 0 Å². The minimum absolute atomic E-state index is 0. The molecule has 0 spiro atoms. The molecule has 3 amide bonds. The molecule has 3 aromatic heterocycles. The van der Waals surface area contributed by atoms with E-state index in [2.05, 4.69) is 31.9 Å². The number of methoxy groups -OCH3 is 2. The van der Waals surface area contributed by atoms with Gasteiger partial charge in [0.25, 0.3) is 34.4 Å². The first-order valence-electron chi connectivity index (χ1n) is 46.1. The van der Waals surface area contributed by atoms with Crippen molar-refractivity contribution in [3.63, 3.8) is 0 Å². The van der Waals surface area contributed by atoms with Crippen molar-refractivity contribution >= 4 is 87.9 Å². The van der Waals surface area contributed by atoms with Gasteiger partial charge in [-0.15, -0.1) is 0 Å². The number of rotatable bonds is 27. The third-order valence-corrected chi connectivity index (χ3v) is 26.9. The van der Waals surface area contributed by atoms with Gasteiger partial charge >= 0.3 is 62.4 Å². The number of amides is 3. The molecule has 9 aromatic rings. The Morgan fingerprint density at radius 3 is 1.03 bits per heavy atom. The summed E-state index contributed by atoms with van der Waals surface area (Å²) in [6.45, 7) is 24.2. The summed E-state index contributed by atoms with van der Waals surface area (Å²) in [5.41, 5.74) is -5.58. The fraction of sp³-hybridized carbons (Fsp3) is 0.441. The maximum atomic E-state index is 14.9. The fourth-order valence-electron chi connectivity index (χ4n) is 16.3. The number of halogens is 16. The van der Waals surface area contributed by atoms with Gasteiger partial charge in [-0.1, -0.05) is 64.6 Å². The summed E-state index contributed by atoms with van der Waals surface area (Å²) in [6, 6.07) is 13.3. The molecule has 4 aliphatic rings. The number of aryl methyl sites for hydroxylation is 3. The van der Waals surface area contributed by atoms with Gasteiger partial charge in [-0.25, -0.2) is 40.7 Å². The molecule has 0 aliphatic carbocycles. The average Bonchev–Trinajstić information content (AvgIpc) is 1.69. The zero-order valence-electron chi connectivity index (χ0n) is 84.1. The van der Waals surface area contributed by atoms with Gasteiger partial charge in [0.1, 0.15) is 87.0 Å². The Labute approximate surface area is 870 Å². The monoisotopic (exact) mass is 2200 g/mol. The van der Waals surface area contributed by atoms with E-state index < -0.39 is 187 Å². The van der Waals surface area contributed by atoms with E-state index in [-0.39, 0.29) is 142 Å². The van der Waals surface area contributed by atoms with E-state index in [0.29, 0.717) is 85.2 Å². The van der Waals surface area contributed by atoms with Gasteiger partial charge in [0.05, 0.1) is 76.6 Å². The number of carboxylic acids is 1. The summed E-state index contributed by atoms with van der Waals surface area (Å²) in [5.74, 6) is -12.7. The van der Waals surface area contributed by atoms with E-state index in [1.165, 1.54) is 100 Å². The summed E-state index contributed by atoms with van der Waals surface area (Å²) in [6.07, 6.45) is -9.60. The SMILES string of the molecule is C.CC[C@H](C)Nc1cc(F)c(C(=O)N[C@@H](Cc2ccc(-c3c(C(F)(F)F)cc(C)n(C)c3=O)c3c2CCCO3)C(=O)O)c(F)c1.CC[C@H](C)Nc1cc(F)c(C(=O)N[C@@H](Cc2ccc(-c3c(C(F)(F)F)cc(C)n(C)c3=O)c3c2CCCO3)C(=O)OC)c(F)c1.CC[C@H](C)Nc1cc(F)c(C(=O)N[C@@H](Cc2ccc(B3OC(C)(C)C(C)(C)O3)c3c2CCCO3)C(=O)OC)c(F)c1.Cc1cc(C(F)(F)F)c(I)c(=O)n1C.O.[Li+].[OH-]. The van der Waals surface area contributed by atoms with Crippen molar-refractivity contribution in [2.75, 3.05) is 50.0 Å². The summed E-state index contributed by atoms with van der Waals surface area (Å²) in [4.78, 5) is 114. The van der Waals surface area contributed by atoms with E-state index in [9.17, 15) is 114 Å². The van der Waals surface area contributed by atoms with Gasteiger partial charge in [0, 0.05) is 109 Å². The molecule has 46 heteroatoms. The van der Waals surface area contributed by atoms with Crippen LogP contribution >= 0.6 is 22.6 Å². The van der Waals surface area contributed by atoms with Gasteiger partial charge < -0.3 is 94.7 Å². The molecule has 6 atom stereocenters. The summed E-state index contributed by atoms with van der Waals surface area (Å²) in [7, 11) is 5.79. The number of fused-ring (bicyclic) bond motifs is 3. The maximum absolute atomic E-state index is 14.9. The Bertz CT molecular complexity index is 6500. The molecule has 7 heterocycles. The van der Waals surface area contributed by atoms with Crippen molar-refractivity contribution in [3.8, 4) is 39.5 Å². The molecular weight excluding hydrogens is 2080 g/mol. The second kappa shape index (κ2) is 51.5. The van der Waals surface area contributed by atoms with Gasteiger partial charge in [-0.2, -0.15) is 39.5 Å². The molecular formula is C102H119BF15ILiN9O19. The molecule has 0 bridgehead atoms. The summed E-state index contributed by atoms with van der Waals surface area (Å²) >= 11 is 1.42. The fourth-order valence-corrected chi connectivity index (χ4v) is 17.2. The number of nitrogens with one attached hydrogen (secondary N) is 6. The number of carbonyl (C=O) groups excluding carboxylic acids is 5. The van der Waals surface area contributed by atoms with Crippen LogP contribution in [0.4, 0.5) is 82.9 Å². The van der Waals surface area contributed by atoms with Crippen LogP contribution in [-0.4, -0.2) is 154 Å². The second-order valence-electron chi connectivity index (χ2n) is 36.4. The topological polar surface area (TPSA) is 387 Å². The molecule has 10 N–H and O–H groups in total. The third kappa shape index (κ3) is 28.8. The van der Waals surface area contributed by atoms with Crippen LogP contribution in [0.5, 0.6) is 17.2 Å². The molecule has 28 nitrogen and oxygen atoms in total. The molecule has 0 unspecified atom stereocenters. The van der Waals surface area contributed by atoms with E-state index in [0.717, 1.165) is 100 Å². The van der Waals surface area contributed by atoms with Crippen molar-refractivity contribution in [2.24, 2.45) is 21.1 Å². The first-order chi connectivity index (χ1) is 67.3. The molecule has 0 radical (unpaired) electrons. The number of esters is 2.